The molecule has 0 fully saturated rings. The molecule has 0 aromatic heterocycles. The van der Waals surface area contributed by atoms with Crippen LogP contribution in [0.15, 0.2) is 0 Å². The van der Waals surface area contributed by atoms with E-state index in [4.69, 9.17) is 40.2 Å². The third-order valence-electron chi connectivity index (χ3n) is 5.01. The van der Waals surface area contributed by atoms with Gasteiger partial charge in [0.1, 0.15) is 0 Å². The Balaban J connectivity index is 2.99. The molecule has 10 nitrogen and oxygen atoms in total. The Morgan fingerprint density at radius 2 is 0.471 bits per heavy atom. The summed E-state index contributed by atoms with van der Waals surface area (Å²) in [6, 6.07) is 0. The van der Waals surface area contributed by atoms with Crippen molar-refractivity contribution in [2.75, 3.05) is 92.5 Å². The van der Waals surface area contributed by atoms with Gasteiger partial charge in [0, 0.05) is 6.61 Å². The number of ether oxygens (including phenoxy) is 6. The summed E-state index contributed by atoms with van der Waals surface area (Å²) < 4.78 is 32.6. The lowest BCUT2D eigenvalue weighted by Gasteiger charge is -2.08. The first-order chi connectivity index (χ1) is 16.9. The Morgan fingerprint density at radius 1 is 0.235 bits per heavy atom. The highest BCUT2D eigenvalue weighted by Gasteiger charge is 1.96. The summed E-state index contributed by atoms with van der Waals surface area (Å²) in [6.07, 6.45) is 12.6. The summed E-state index contributed by atoms with van der Waals surface area (Å²) in [7, 11) is 0. The first-order valence-electron chi connectivity index (χ1n) is 13.0. The molecule has 0 bridgehead atoms. The lowest BCUT2D eigenvalue weighted by atomic mass is 10.1. The van der Waals surface area contributed by atoms with Crippen LogP contribution < -0.4 is 11.8 Å². The number of hydrogen-bond acceptors (Lipinski definition) is 10. The van der Waals surface area contributed by atoms with Crippen LogP contribution in [0.4, 0.5) is 0 Å². The lowest BCUT2D eigenvalue weighted by molar-refractivity contribution is -0.0206. The molecule has 0 aromatic rings. The fraction of sp³-hybridized carbons (Fsp3) is 1.00. The minimum absolute atomic E-state index is 0.386. The van der Waals surface area contributed by atoms with Crippen LogP contribution in [0.1, 0.15) is 64.2 Å². The molecule has 0 heterocycles. The van der Waals surface area contributed by atoms with Crippen molar-refractivity contribution < 1.29 is 38.1 Å². The summed E-state index contributed by atoms with van der Waals surface area (Å²) in [6.45, 7) is 7.96. The zero-order chi connectivity index (χ0) is 24.6. The molecule has 10 heteroatoms. The molecule has 0 radical (unpaired) electrons. The first kappa shape index (κ1) is 33.6. The van der Waals surface area contributed by atoms with Gasteiger partial charge < -0.3 is 38.1 Å². The molecule has 4 N–H and O–H groups in total. The Bertz CT molecular complexity index is 325. The van der Waals surface area contributed by atoms with E-state index in [0.717, 1.165) is 19.4 Å². The molecule has 0 aliphatic heterocycles. The van der Waals surface area contributed by atoms with E-state index in [9.17, 15) is 0 Å². The monoisotopic (exact) mass is 496 g/mol. The van der Waals surface area contributed by atoms with Crippen LogP contribution in [0.2, 0.25) is 0 Å². The highest BCUT2D eigenvalue weighted by atomic mass is 16.6. The minimum Gasteiger partial charge on any atom is -0.379 e. The Labute approximate surface area is 207 Å². The smallest absolute Gasteiger partial charge is 0.0913 e. The molecule has 0 aliphatic carbocycles. The van der Waals surface area contributed by atoms with Crippen molar-refractivity contribution in [1.29, 1.82) is 0 Å². The average molecular weight is 497 g/mol. The summed E-state index contributed by atoms with van der Waals surface area (Å²) in [5.74, 6) is 9.89. The van der Waals surface area contributed by atoms with Crippen molar-refractivity contribution >= 4 is 0 Å². The van der Waals surface area contributed by atoms with Crippen LogP contribution >= 0.6 is 0 Å². The van der Waals surface area contributed by atoms with Gasteiger partial charge in [-0.3, -0.25) is 0 Å². The second-order valence-corrected chi connectivity index (χ2v) is 7.95. The molecule has 0 atom stereocenters. The second-order valence-electron chi connectivity index (χ2n) is 7.95. The summed E-state index contributed by atoms with van der Waals surface area (Å²) in [4.78, 5) is 8.96. The van der Waals surface area contributed by atoms with Crippen molar-refractivity contribution in [1.82, 2.24) is 0 Å². The summed E-state index contributed by atoms with van der Waals surface area (Å²) >= 11 is 0. The fourth-order valence-electron chi connectivity index (χ4n) is 3.11. The van der Waals surface area contributed by atoms with Gasteiger partial charge >= 0.3 is 0 Å². The van der Waals surface area contributed by atoms with Gasteiger partial charge in [-0.05, 0) is 12.8 Å². The molecule has 34 heavy (non-hydrogen) atoms. The van der Waals surface area contributed by atoms with E-state index in [1.54, 1.807) is 0 Å². The fourth-order valence-corrected chi connectivity index (χ4v) is 3.11. The van der Waals surface area contributed by atoms with E-state index in [-0.39, 0.29) is 0 Å². The molecule has 0 rings (SSSR count). The second kappa shape index (κ2) is 32.6. The van der Waals surface area contributed by atoms with Crippen LogP contribution in [-0.2, 0) is 38.1 Å². The largest absolute Gasteiger partial charge is 0.379 e. The van der Waals surface area contributed by atoms with Crippen molar-refractivity contribution in [3.05, 3.63) is 0 Å². The summed E-state index contributed by atoms with van der Waals surface area (Å²) in [5.41, 5.74) is 0. The van der Waals surface area contributed by atoms with Crippen LogP contribution in [0.3, 0.4) is 0 Å². The highest BCUT2D eigenvalue weighted by molar-refractivity contribution is 4.48. The maximum absolute atomic E-state index is 5.61. The predicted octanol–water partition coefficient (Wildman–Crippen LogP) is 2.77. The van der Waals surface area contributed by atoms with Gasteiger partial charge in [0.05, 0.1) is 85.9 Å². The lowest BCUT2D eigenvalue weighted by Crippen LogP contribution is -2.15. The van der Waals surface area contributed by atoms with Crippen LogP contribution in [0.25, 0.3) is 0 Å². The zero-order valence-electron chi connectivity index (χ0n) is 21.4. The van der Waals surface area contributed by atoms with Gasteiger partial charge in [0.15, 0.2) is 0 Å². The van der Waals surface area contributed by atoms with Gasteiger partial charge in [-0.1, -0.05) is 51.4 Å². The number of rotatable bonds is 31. The van der Waals surface area contributed by atoms with Gasteiger partial charge in [0.25, 0.3) is 0 Å². The van der Waals surface area contributed by atoms with Crippen LogP contribution in [-0.4, -0.2) is 92.5 Å². The van der Waals surface area contributed by atoms with E-state index >= 15 is 0 Å². The molecule has 0 amide bonds. The Hall–Kier alpha value is -0.400. The number of hydrogen-bond donors (Lipinski definition) is 2. The Morgan fingerprint density at radius 3 is 0.794 bits per heavy atom. The molecule has 0 unspecified atom stereocenters. The van der Waals surface area contributed by atoms with E-state index in [0.29, 0.717) is 85.9 Å². The molecule has 0 aromatic carbocycles. The molecule has 0 spiro atoms. The first-order valence-corrected chi connectivity index (χ1v) is 13.0. The van der Waals surface area contributed by atoms with Gasteiger partial charge in [-0.15, -0.1) is 0 Å². The van der Waals surface area contributed by atoms with Gasteiger partial charge in [-0.25, -0.2) is 11.8 Å². The number of nitrogens with two attached hydrogens (primary N) is 2. The van der Waals surface area contributed by atoms with E-state index < -0.39 is 0 Å². The maximum Gasteiger partial charge on any atom is 0.0913 e. The normalized spacial score (nSPS) is 11.5. The van der Waals surface area contributed by atoms with Crippen molar-refractivity contribution in [2.24, 2.45) is 11.8 Å². The molecule has 0 aliphatic rings. The third kappa shape index (κ3) is 31.6. The van der Waals surface area contributed by atoms with E-state index in [1.807, 2.05) is 0 Å². The van der Waals surface area contributed by atoms with Gasteiger partial charge in [0.2, 0.25) is 0 Å². The maximum atomic E-state index is 5.61. The molecule has 206 valence electrons. The van der Waals surface area contributed by atoms with E-state index in [1.165, 1.54) is 51.4 Å². The van der Waals surface area contributed by atoms with Crippen molar-refractivity contribution in [2.45, 2.75) is 64.2 Å². The van der Waals surface area contributed by atoms with Crippen molar-refractivity contribution in [3.8, 4) is 0 Å². The number of unbranched alkanes of at least 4 members (excludes halogenated alkanes) is 9. The standard InChI is InChI=1S/C24H52N2O8/c25-33-12-10-8-6-4-2-1-3-5-7-9-11-27-13-14-28-15-16-29-17-18-30-19-20-31-21-22-32-23-24-34-26/h1-26H2. The SMILES string of the molecule is NOCCCCCCCCCCCCOCCOCCOCCOCCOCCOCCON. The Kier molecular flexibility index (Phi) is 32.2. The zero-order valence-corrected chi connectivity index (χ0v) is 21.4. The topological polar surface area (TPSA) is 126 Å². The van der Waals surface area contributed by atoms with E-state index in [2.05, 4.69) is 9.68 Å². The predicted molar refractivity (Wildman–Crippen MR) is 131 cm³/mol. The summed E-state index contributed by atoms with van der Waals surface area (Å²) in [5, 5.41) is 0. The van der Waals surface area contributed by atoms with Gasteiger partial charge in [-0.2, -0.15) is 0 Å². The minimum atomic E-state index is 0.386. The van der Waals surface area contributed by atoms with Crippen LogP contribution in [0.5, 0.6) is 0 Å². The highest BCUT2D eigenvalue weighted by Crippen LogP contribution is 2.10. The van der Waals surface area contributed by atoms with Crippen molar-refractivity contribution in [3.63, 3.8) is 0 Å². The van der Waals surface area contributed by atoms with Crippen LogP contribution in [0, 0.1) is 0 Å². The molecular formula is C24H52N2O8. The molecule has 0 saturated heterocycles. The molecule has 0 saturated carbocycles. The third-order valence-corrected chi connectivity index (χ3v) is 5.01. The quantitative estimate of drug-likeness (QED) is 0.109. The molecular weight excluding hydrogens is 444 g/mol. The average Bonchev–Trinajstić information content (AvgIpc) is 2.85.